The molecule has 2 amide bonds. The molecule has 0 saturated carbocycles. The lowest BCUT2D eigenvalue weighted by Crippen LogP contribution is -2.46. The molecule has 27 heavy (non-hydrogen) atoms. The maximum Gasteiger partial charge on any atom is 0.338 e. The molecule has 0 fully saturated rings. The molecule has 2 rings (SSSR count). The highest BCUT2D eigenvalue weighted by molar-refractivity contribution is 5.95. The van der Waals surface area contributed by atoms with Crippen molar-refractivity contribution < 1.29 is 19.1 Å². The number of carbonyl (C=O) groups excluding carboxylic acids is 2. The van der Waals surface area contributed by atoms with Gasteiger partial charge in [0, 0.05) is 5.70 Å². The molecule has 1 aliphatic rings. The van der Waals surface area contributed by atoms with Gasteiger partial charge in [-0.2, -0.15) is 0 Å². The quantitative estimate of drug-likeness (QED) is 0.501. The Balaban J connectivity index is 2.38. The topological polar surface area (TPSA) is 76.7 Å². The molecule has 0 saturated heterocycles. The van der Waals surface area contributed by atoms with E-state index in [1.54, 1.807) is 0 Å². The molecule has 6 nitrogen and oxygen atoms in total. The molecule has 2 N–H and O–H groups in total. The number of carbonyl (C=O) groups is 2. The van der Waals surface area contributed by atoms with Crippen LogP contribution in [0.1, 0.15) is 65.0 Å². The lowest BCUT2D eigenvalue weighted by molar-refractivity contribution is -0.143. The molecule has 1 aromatic carbocycles. The Hall–Kier alpha value is -2.50. The Kier molecular flexibility index (Phi) is 7.70. The first-order valence-corrected chi connectivity index (χ1v) is 9.70. The van der Waals surface area contributed by atoms with Crippen LogP contribution in [0.2, 0.25) is 0 Å². The van der Waals surface area contributed by atoms with E-state index in [1.165, 1.54) is 0 Å². The molecular weight excluding hydrogens is 344 g/mol. The van der Waals surface area contributed by atoms with E-state index in [1.807, 2.05) is 45.0 Å². The third-order valence-corrected chi connectivity index (χ3v) is 4.17. The highest BCUT2D eigenvalue weighted by atomic mass is 16.5. The van der Waals surface area contributed by atoms with Crippen LogP contribution in [-0.4, -0.2) is 24.7 Å². The van der Waals surface area contributed by atoms with Crippen LogP contribution in [0.4, 0.5) is 4.79 Å². The summed E-state index contributed by atoms with van der Waals surface area (Å²) in [5.41, 5.74) is 1.87. The van der Waals surface area contributed by atoms with Gasteiger partial charge in [-0.25, -0.2) is 9.59 Å². The number of ether oxygens (including phenoxy) is 2. The summed E-state index contributed by atoms with van der Waals surface area (Å²) in [4.78, 5) is 25.0. The van der Waals surface area contributed by atoms with Gasteiger partial charge < -0.3 is 20.1 Å². The fourth-order valence-corrected chi connectivity index (χ4v) is 2.95. The molecule has 1 atom stereocenters. The SMILES string of the molecule is CCCCOc1cccc(C2NC(=O)NC(CCC)=C2C(=O)OC(C)C)c1. The van der Waals surface area contributed by atoms with E-state index in [9.17, 15) is 9.59 Å². The van der Waals surface area contributed by atoms with Crippen molar-refractivity contribution in [2.24, 2.45) is 0 Å². The van der Waals surface area contributed by atoms with Gasteiger partial charge in [0.05, 0.1) is 24.3 Å². The van der Waals surface area contributed by atoms with Crippen molar-refractivity contribution in [3.63, 3.8) is 0 Å². The number of urea groups is 1. The van der Waals surface area contributed by atoms with Gasteiger partial charge in [0.1, 0.15) is 5.75 Å². The zero-order valence-corrected chi connectivity index (χ0v) is 16.6. The molecule has 1 aromatic rings. The lowest BCUT2D eigenvalue weighted by atomic mass is 9.93. The number of allylic oxidation sites excluding steroid dienone is 1. The van der Waals surface area contributed by atoms with Crippen LogP contribution in [-0.2, 0) is 9.53 Å². The number of rotatable bonds is 9. The van der Waals surface area contributed by atoms with Crippen molar-refractivity contribution in [2.45, 2.75) is 65.5 Å². The maximum atomic E-state index is 12.8. The molecule has 6 heteroatoms. The average Bonchev–Trinajstić information content (AvgIpc) is 2.61. The van der Waals surface area contributed by atoms with Crippen LogP contribution >= 0.6 is 0 Å². The molecular formula is C21H30N2O4. The maximum absolute atomic E-state index is 12.8. The van der Waals surface area contributed by atoms with E-state index in [4.69, 9.17) is 9.47 Å². The molecule has 0 radical (unpaired) electrons. The van der Waals surface area contributed by atoms with Crippen LogP contribution in [0.3, 0.4) is 0 Å². The summed E-state index contributed by atoms with van der Waals surface area (Å²) >= 11 is 0. The molecule has 148 valence electrons. The van der Waals surface area contributed by atoms with E-state index in [-0.39, 0.29) is 12.1 Å². The van der Waals surface area contributed by atoms with Gasteiger partial charge in [0.25, 0.3) is 0 Å². The van der Waals surface area contributed by atoms with Crippen molar-refractivity contribution >= 4 is 12.0 Å². The first kappa shape index (κ1) is 20.8. The van der Waals surface area contributed by atoms with E-state index in [0.717, 1.165) is 30.6 Å². The largest absolute Gasteiger partial charge is 0.494 e. The van der Waals surface area contributed by atoms with Crippen molar-refractivity contribution in [1.82, 2.24) is 10.6 Å². The molecule has 0 bridgehead atoms. The Morgan fingerprint density at radius 3 is 2.67 bits per heavy atom. The van der Waals surface area contributed by atoms with Crippen LogP contribution in [0, 0.1) is 0 Å². The Morgan fingerprint density at radius 1 is 1.22 bits per heavy atom. The van der Waals surface area contributed by atoms with Gasteiger partial charge in [0.2, 0.25) is 0 Å². The molecule has 1 unspecified atom stereocenters. The van der Waals surface area contributed by atoms with Crippen molar-refractivity contribution in [3.05, 3.63) is 41.1 Å². The standard InChI is InChI=1S/C21H30N2O4/c1-5-7-12-26-16-11-8-10-15(13-16)19-18(20(24)27-14(3)4)17(9-6-2)22-21(25)23-19/h8,10-11,13-14,19H,5-7,9,12H2,1-4H3,(H2,22,23,25). The average molecular weight is 374 g/mol. The van der Waals surface area contributed by atoms with Crippen molar-refractivity contribution in [1.29, 1.82) is 0 Å². The van der Waals surface area contributed by atoms with E-state index >= 15 is 0 Å². The molecule has 0 aromatic heterocycles. The number of amides is 2. The smallest absolute Gasteiger partial charge is 0.338 e. The summed E-state index contributed by atoms with van der Waals surface area (Å²) in [5.74, 6) is 0.311. The summed E-state index contributed by atoms with van der Waals surface area (Å²) in [5, 5.41) is 5.63. The predicted octanol–water partition coefficient (Wildman–Crippen LogP) is 4.23. The second-order valence-corrected chi connectivity index (χ2v) is 6.90. The van der Waals surface area contributed by atoms with Gasteiger partial charge >= 0.3 is 12.0 Å². The molecule has 1 aliphatic heterocycles. The normalized spacial score (nSPS) is 16.8. The minimum Gasteiger partial charge on any atom is -0.494 e. The minimum absolute atomic E-state index is 0.241. The number of esters is 1. The zero-order chi connectivity index (χ0) is 19.8. The van der Waals surface area contributed by atoms with Crippen molar-refractivity contribution in [3.8, 4) is 5.75 Å². The van der Waals surface area contributed by atoms with Crippen LogP contribution in [0.15, 0.2) is 35.5 Å². The van der Waals surface area contributed by atoms with Crippen LogP contribution in [0.25, 0.3) is 0 Å². The first-order chi connectivity index (χ1) is 13.0. The van der Waals surface area contributed by atoms with E-state index in [0.29, 0.717) is 24.3 Å². The summed E-state index contributed by atoms with van der Waals surface area (Å²) in [7, 11) is 0. The second kappa shape index (κ2) is 10.00. The van der Waals surface area contributed by atoms with Crippen LogP contribution in [0.5, 0.6) is 5.75 Å². The van der Waals surface area contributed by atoms with Gasteiger partial charge in [-0.1, -0.05) is 38.8 Å². The van der Waals surface area contributed by atoms with Crippen LogP contribution < -0.4 is 15.4 Å². The summed E-state index contributed by atoms with van der Waals surface area (Å²) in [6.45, 7) is 8.37. The Labute approximate surface area is 161 Å². The highest BCUT2D eigenvalue weighted by Gasteiger charge is 2.33. The van der Waals surface area contributed by atoms with Gasteiger partial charge in [-0.15, -0.1) is 0 Å². The number of unbranched alkanes of at least 4 members (excludes halogenated alkanes) is 1. The molecule has 0 aliphatic carbocycles. The third-order valence-electron chi connectivity index (χ3n) is 4.17. The predicted molar refractivity (Wildman–Crippen MR) is 104 cm³/mol. The molecule has 0 spiro atoms. The number of benzene rings is 1. The Morgan fingerprint density at radius 2 is 2.00 bits per heavy atom. The number of hydrogen-bond acceptors (Lipinski definition) is 4. The van der Waals surface area contributed by atoms with Gasteiger partial charge in [-0.3, -0.25) is 0 Å². The van der Waals surface area contributed by atoms with Crippen molar-refractivity contribution in [2.75, 3.05) is 6.61 Å². The monoisotopic (exact) mass is 374 g/mol. The van der Waals surface area contributed by atoms with Gasteiger partial charge in [0.15, 0.2) is 0 Å². The second-order valence-electron chi connectivity index (χ2n) is 6.90. The summed E-state index contributed by atoms with van der Waals surface area (Å²) < 4.78 is 11.2. The highest BCUT2D eigenvalue weighted by Crippen LogP contribution is 2.31. The zero-order valence-electron chi connectivity index (χ0n) is 16.6. The third kappa shape index (κ3) is 5.74. The molecule has 1 heterocycles. The first-order valence-electron chi connectivity index (χ1n) is 9.70. The number of nitrogens with one attached hydrogen (secondary N) is 2. The van der Waals surface area contributed by atoms with E-state index < -0.39 is 12.0 Å². The Bertz CT molecular complexity index is 697. The lowest BCUT2D eigenvalue weighted by Gasteiger charge is -2.30. The fraction of sp³-hybridized carbons (Fsp3) is 0.524. The minimum atomic E-state index is -0.568. The number of hydrogen-bond donors (Lipinski definition) is 2. The van der Waals surface area contributed by atoms with E-state index in [2.05, 4.69) is 17.6 Å². The fourth-order valence-electron chi connectivity index (χ4n) is 2.95. The van der Waals surface area contributed by atoms with Gasteiger partial charge in [-0.05, 0) is 44.4 Å². The summed E-state index contributed by atoms with van der Waals surface area (Å²) in [6, 6.07) is 6.62. The summed E-state index contributed by atoms with van der Waals surface area (Å²) in [6.07, 6.45) is 3.19.